The molecule has 0 aliphatic rings. The molecule has 6 heteroatoms. The Hall–Kier alpha value is -2.75. The Morgan fingerprint density at radius 1 is 1.22 bits per heavy atom. The monoisotopic (exact) mass is 437 g/mol. The molecule has 3 rings (SSSR count). The van der Waals surface area contributed by atoms with E-state index in [1.165, 1.54) is 11.3 Å². The summed E-state index contributed by atoms with van der Waals surface area (Å²) in [6, 6.07) is 17.7. The Balaban J connectivity index is 1.68. The molecule has 0 aliphatic carbocycles. The van der Waals surface area contributed by atoms with E-state index in [-0.39, 0.29) is 5.57 Å². The molecule has 0 fully saturated rings. The van der Waals surface area contributed by atoms with Crippen LogP contribution in [0, 0.1) is 18.3 Å². The molecule has 134 valence electrons. The van der Waals surface area contributed by atoms with Gasteiger partial charge in [0, 0.05) is 22.0 Å². The first-order chi connectivity index (χ1) is 13.0. The molecule has 2 aromatic carbocycles. The summed E-state index contributed by atoms with van der Waals surface area (Å²) in [7, 11) is 0. The molecule has 0 bridgehead atoms. The van der Waals surface area contributed by atoms with E-state index in [4.69, 9.17) is 0 Å². The summed E-state index contributed by atoms with van der Waals surface area (Å²) in [5, 5.41) is 12.5. The van der Waals surface area contributed by atoms with Gasteiger partial charge in [0.05, 0.1) is 0 Å². The molecule has 1 amide bonds. The number of nitrogens with zero attached hydrogens (tertiary/aromatic N) is 2. The maximum absolute atomic E-state index is 12.4. The third-order valence-electron chi connectivity index (χ3n) is 3.82. The van der Waals surface area contributed by atoms with Crippen molar-refractivity contribution in [2.75, 3.05) is 5.32 Å². The summed E-state index contributed by atoms with van der Waals surface area (Å²) in [4.78, 5) is 17.7. The van der Waals surface area contributed by atoms with Gasteiger partial charge in [-0.1, -0.05) is 57.9 Å². The summed E-state index contributed by atoms with van der Waals surface area (Å²) in [5.74, 6) is -0.456. The van der Waals surface area contributed by atoms with E-state index in [0.29, 0.717) is 5.13 Å². The molecule has 0 unspecified atom stereocenters. The van der Waals surface area contributed by atoms with Crippen molar-refractivity contribution in [2.24, 2.45) is 0 Å². The summed E-state index contributed by atoms with van der Waals surface area (Å²) in [5.41, 5.74) is 3.14. The second kappa shape index (κ2) is 8.76. The molecule has 1 aromatic heterocycles. The fourth-order valence-electron chi connectivity index (χ4n) is 2.39. The van der Waals surface area contributed by atoms with Gasteiger partial charge < -0.3 is 0 Å². The van der Waals surface area contributed by atoms with E-state index in [1.807, 2.05) is 61.5 Å². The van der Waals surface area contributed by atoms with Crippen molar-refractivity contribution in [3.63, 3.8) is 0 Å². The number of halogens is 1. The van der Waals surface area contributed by atoms with Crippen LogP contribution >= 0.6 is 27.3 Å². The highest BCUT2D eigenvalue weighted by atomic mass is 79.9. The van der Waals surface area contributed by atoms with Gasteiger partial charge in [-0.05, 0) is 36.3 Å². The predicted octanol–water partition coefficient (Wildman–Crippen LogP) is 5.35. The number of amides is 1. The van der Waals surface area contributed by atoms with Gasteiger partial charge in [0.25, 0.3) is 5.91 Å². The van der Waals surface area contributed by atoms with Crippen LogP contribution in [-0.2, 0) is 11.2 Å². The minimum absolute atomic E-state index is 0.0449. The lowest BCUT2D eigenvalue weighted by Crippen LogP contribution is -2.13. The topological polar surface area (TPSA) is 65.8 Å². The Labute approximate surface area is 170 Å². The van der Waals surface area contributed by atoms with E-state index in [1.54, 1.807) is 12.3 Å². The summed E-state index contributed by atoms with van der Waals surface area (Å²) in [6.07, 6.45) is 4.06. The Morgan fingerprint density at radius 3 is 2.59 bits per heavy atom. The van der Waals surface area contributed by atoms with Crippen molar-refractivity contribution in [2.45, 2.75) is 13.3 Å². The lowest BCUT2D eigenvalue weighted by atomic mass is 10.1. The maximum Gasteiger partial charge on any atom is 0.268 e. The molecular weight excluding hydrogens is 422 g/mol. The van der Waals surface area contributed by atoms with Crippen LogP contribution in [0.4, 0.5) is 5.13 Å². The molecule has 3 aromatic rings. The number of aryl methyl sites for hydroxylation is 1. The molecule has 1 N–H and O–H groups in total. The van der Waals surface area contributed by atoms with Crippen molar-refractivity contribution in [3.8, 4) is 6.07 Å². The van der Waals surface area contributed by atoms with Gasteiger partial charge in [-0.25, -0.2) is 4.98 Å². The molecule has 1 heterocycles. The molecule has 0 spiro atoms. The second-order valence-electron chi connectivity index (χ2n) is 5.97. The van der Waals surface area contributed by atoms with E-state index in [9.17, 15) is 10.1 Å². The molecule has 0 aliphatic heterocycles. The fraction of sp³-hybridized carbons (Fsp3) is 0.0952. The van der Waals surface area contributed by atoms with Gasteiger partial charge in [-0.2, -0.15) is 5.26 Å². The largest absolute Gasteiger partial charge is 0.297 e. The van der Waals surface area contributed by atoms with Crippen LogP contribution in [0.2, 0.25) is 0 Å². The summed E-state index contributed by atoms with van der Waals surface area (Å²) >= 11 is 4.83. The standard InChI is InChI=1S/C21H16BrN3OS/c1-14-2-4-15(5-3-14)10-17(12-23)20(26)25-21-24-13-19(27-21)11-16-6-8-18(22)9-7-16/h2-10,13H,11H2,1H3,(H,24,25,26)/b17-10-. The Morgan fingerprint density at radius 2 is 1.93 bits per heavy atom. The number of nitriles is 1. The zero-order valence-electron chi connectivity index (χ0n) is 14.6. The molecule has 0 saturated heterocycles. The first-order valence-electron chi connectivity index (χ1n) is 8.22. The van der Waals surface area contributed by atoms with Crippen molar-refractivity contribution in [1.82, 2.24) is 4.98 Å². The Kier molecular flexibility index (Phi) is 6.17. The molecule has 0 radical (unpaired) electrons. The van der Waals surface area contributed by atoms with E-state index in [2.05, 4.69) is 26.2 Å². The van der Waals surface area contributed by atoms with Gasteiger partial charge in [-0.3, -0.25) is 10.1 Å². The lowest BCUT2D eigenvalue weighted by molar-refractivity contribution is -0.112. The van der Waals surface area contributed by atoms with Crippen LogP contribution < -0.4 is 5.32 Å². The van der Waals surface area contributed by atoms with Crippen molar-refractivity contribution in [1.29, 1.82) is 5.26 Å². The lowest BCUT2D eigenvalue weighted by Gasteiger charge is -2.01. The average Bonchev–Trinajstić information content (AvgIpc) is 3.10. The molecule has 4 nitrogen and oxygen atoms in total. The van der Waals surface area contributed by atoms with E-state index >= 15 is 0 Å². The minimum atomic E-state index is -0.456. The first-order valence-corrected chi connectivity index (χ1v) is 9.83. The zero-order valence-corrected chi connectivity index (χ0v) is 17.0. The number of aromatic nitrogens is 1. The van der Waals surface area contributed by atoms with Crippen molar-refractivity contribution in [3.05, 3.63) is 86.3 Å². The van der Waals surface area contributed by atoms with Gasteiger partial charge >= 0.3 is 0 Å². The maximum atomic E-state index is 12.4. The van der Waals surface area contributed by atoms with Gasteiger partial charge in [-0.15, -0.1) is 11.3 Å². The highest BCUT2D eigenvalue weighted by Gasteiger charge is 2.12. The summed E-state index contributed by atoms with van der Waals surface area (Å²) < 4.78 is 1.04. The average molecular weight is 438 g/mol. The quantitative estimate of drug-likeness (QED) is 0.431. The van der Waals surface area contributed by atoms with E-state index in [0.717, 1.165) is 32.5 Å². The first kappa shape index (κ1) is 19.0. The fourth-order valence-corrected chi connectivity index (χ4v) is 3.50. The zero-order chi connectivity index (χ0) is 19.2. The number of hydrogen-bond acceptors (Lipinski definition) is 4. The minimum Gasteiger partial charge on any atom is -0.297 e. The number of benzene rings is 2. The highest BCUT2D eigenvalue weighted by molar-refractivity contribution is 9.10. The number of anilines is 1. The van der Waals surface area contributed by atoms with Gasteiger partial charge in [0.15, 0.2) is 5.13 Å². The highest BCUT2D eigenvalue weighted by Crippen LogP contribution is 2.22. The molecule has 0 atom stereocenters. The van der Waals surface area contributed by atoms with E-state index < -0.39 is 5.91 Å². The van der Waals surface area contributed by atoms with Gasteiger partial charge in [0.1, 0.15) is 11.6 Å². The predicted molar refractivity (Wildman–Crippen MR) is 112 cm³/mol. The van der Waals surface area contributed by atoms with Crippen LogP contribution in [0.3, 0.4) is 0 Å². The third-order valence-corrected chi connectivity index (χ3v) is 5.26. The normalized spacial score (nSPS) is 11.1. The van der Waals surface area contributed by atoms with Crippen LogP contribution in [0.15, 0.2) is 64.8 Å². The van der Waals surface area contributed by atoms with Crippen LogP contribution in [0.25, 0.3) is 6.08 Å². The number of carbonyl (C=O) groups excluding carboxylic acids is 1. The van der Waals surface area contributed by atoms with Crippen LogP contribution in [0.1, 0.15) is 21.6 Å². The molecular formula is C21H16BrN3OS. The number of carbonyl (C=O) groups is 1. The van der Waals surface area contributed by atoms with Crippen LogP contribution in [0.5, 0.6) is 0 Å². The number of thiazole rings is 1. The molecule has 0 saturated carbocycles. The number of hydrogen-bond donors (Lipinski definition) is 1. The van der Waals surface area contributed by atoms with Crippen molar-refractivity contribution < 1.29 is 4.79 Å². The Bertz CT molecular complexity index is 1010. The van der Waals surface area contributed by atoms with Crippen LogP contribution in [-0.4, -0.2) is 10.9 Å². The SMILES string of the molecule is Cc1ccc(/C=C(/C#N)C(=O)Nc2ncc(Cc3ccc(Br)cc3)s2)cc1. The third kappa shape index (κ3) is 5.36. The second-order valence-corrected chi connectivity index (χ2v) is 8.00. The van der Waals surface area contributed by atoms with Crippen molar-refractivity contribution >= 4 is 44.4 Å². The smallest absolute Gasteiger partial charge is 0.268 e. The van der Waals surface area contributed by atoms with Gasteiger partial charge in [0.2, 0.25) is 0 Å². The number of nitrogens with one attached hydrogen (secondary N) is 1. The summed E-state index contributed by atoms with van der Waals surface area (Å²) in [6.45, 7) is 1.99. The molecule has 27 heavy (non-hydrogen) atoms. The number of rotatable bonds is 5.